The van der Waals surface area contributed by atoms with Gasteiger partial charge < -0.3 is 9.84 Å². The van der Waals surface area contributed by atoms with Gasteiger partial charge in [0.1, 0.15) is 5.15 Å². The van der Waals surface area contributed by atoms with Crippen molar-refractivity contribution in [2.45, 2.75) is 19.3 Å². The quantitative estimate of drug-likeness (QED) is 0.888. The highest BCUT2D eigenvalue weighted by Gasteiger charge is 2.41. The number of hydrogen-bond acceptors (Lipinski definition) is 4. The van der Waals surface area contributed by atoms with Crippen LogP contribution in [0.1, 0.15) is 18.5 Å². The largest absolute Gasteiger partial charge is 0.481 e. The number of ether oxygens (including phenoxy) is 1. The highest BCUT2D eigenvalue weighted by Crippen LogP contribution is 2.32. The third-order valence-corrected chi connectivity index (χ3v) is 3.16. The maximum atomic E-state index is 11.4. The zero-order valence-corrected chi connectivity index (χ0v) is 9.98. The lowest BCUT2D eigenvalue weighted by Gasteiger charge is -2.32. The van der Waals surface area contributed by atoms with Crippen LogP contribution in [0.15, 0.2) is 12.4 Å². The average Bonchev–Trinajstić information content (AvgIpc) is 2.33. The summed E-state index contributed by atoms with van der Waals surface area (Å²) in [6, 6.07) is 0. The van der Waals surface area contributed by atoms with Crippen LogP contribution in [0.2, 0.25) is 5.15 Å². The fourth-order valence-electron chi connectivity index (χ4n) is 2.01. The topological polar surface area (TPSA) is 72.3 Å². The molecule has 0 radical (unpaired) electrons. The second kappa shape index (κ2) is 4.98. The van der Waals surface area contributed by atoms with Crippen molar-refractivity contribution in [1.82, 2.24) is 9.97 Å². The zero-order chi connectivity index (χ0) is 12.3. The smallest absolute Gasteiger partial charge is 0.312 e. The molecule has 0 saturated carbocycles. The van der Waals surface area contributed by atoms with Gasteiger partial charge in [-0.15, -0.1) is 0 Å². The van der Waals surface area contributed by atoms with E-state index in [-0.39, 0.29) is 6.61 Å². The van der Waals surface area contributed by atoms with Crippen LogP contribution in [0.25, 0.3) is 0 Å². The molecule has 1 aliphatic heterocycles. The first kappa shape index (κ1) is 12.3. The van der Waals surface area contributed by atoms with E-state index in [1.54, 1.807) is 0 Å². The molecule has 17 heavy (non-hydrogen) atoms. The van der Waals surface area contributed by atoms with Crippen molar-refractivity contribution in [3.63, 3.8) is 0 Å². The summed E-state index contributed by atoms with van der Waals surface area (Å²) >= 11 is 5.64. The minimum Gasteiger partial charge on any atom is -0.481 e. The van der Waals surface area contributed by atoms with Crippen LogP contribution in [-0.2, 0) is 16.0 Å². The molecule has 1 unspecified atom stereocenters. The van der Waals surface area contributed by atoms with Gasteiger partial charge >= 0.3 is 5.97 Å². The number of aliphatic carboxylic acids is 1. The number of nitrogens with zero attached hydrogens (tertiary/aromatic N) is 2. The van der Waals surface area contributed by atoms with Crippen molar-refractivity contribution in [1.29, 1.82) is 0 Å². The molecule has 1 N–H and O–H groups in total. The highest BCUT2D eigenvalue weighted by molar-refractivity contribution is 6.29. The third kappa shape index (κ3) is 2.73. The van der Waals surface area contributed by atoms with Crippen molar-refractivity contribution in [3.8, 4) is 0 Å². The zero-order valence-electron chi connectivity index (χ0n) is 9.23. The molecule has 6 heteroatoms. The van der Waals surface area contributed by atoms with Crippen LogP contribution in [0.5, 0.6) is 0 Å². The van der Waals surface area contributed by atoms with E-state index in [0.717, 1.165) is 6.42 Å². The number of hydrogen-bond donors (Lipinski definition) is 1. The summed E-state index contributed by atoms with van der Waals surface area (Å²) in [5.41, 5.74) is -0.247. The maximum Gasteiger partial charge on any atom is 0.312 e. The van der Waals surface area contributed by atoms with Crippen molar-refractivity contribution in [2.75, 3.05) is 13.2 Å². The predicted molar refractivity (Wildman–Crippen MR) is 60.9 cm³/mol. The van der Waals surface area contributed by atoms with E-state index >= 15 is 0 Å². The van der Waals surface area contributed by atoms with E-state index in [2.05, 4.69) is 9.97 Å². The minimum absolute atomic E-state index is 0.229. The van der Waals surface area contributed by atoms with Gasteiger partial charge in [0.25, 0.3) is 0 Å². The van der Waals surface area contributed by atoms with Crippen LogP contribution in [0.4, 0.5) is 0 Å². The fraction of sp³-hybridized carbons (Fsp3) is 0.545. The number of carboxylic acids is 1. The van der Waals surface area contributed by atoms with Gasteiger partial charge in [-0.25, -0.2) is 4.98 Å². The van der Waals surface area contributed by atoms with Crippen molar-refractivity contribution >= 4 is 17.6 Å². The molecule has 0 aliphatic carbocycles. The van der Waals surface area contributed by atoms with E-state index in [1.165, 1.54) is 12.4 Å². The molecular formula is C11H13ClN2O3. The van der Waals surface area contributed by atoms with Gasteiger partial charge in [-0.05, 0) is 12.8 Å². The standard InChI is InChI=1S/C11H13ClN2O3/c12-9-6-13-8(5-14-9)4-11(10(15)16)2-1-3-17-7-11/h5-6H,1-4,7H2,(H,15,16). The molecule has 0 amide bonds. The Balaban J connectivity index is 2.17. The summed E-state index contributed by atoms with van der Waals surface area (Å²) in [5, 5.41) is 9.65. The van der Waals surface area contributed by atoms with Gasteiger partial charge in [0.15, 0.2) is 0 Å². The Morgan fingerprint density at radius 2 is 2.35 bits per heavy atom. The summed E-state index contributed by atoms with van der Waals surface area (Å²) in [7, 11) is 0. The third-order valence-electron chi connectivity index (χ3n) is 2.97. The molecule has 1 aliphatic rings. The Morgan fingerprint density at radius 3 is 2.88 bits per heavy atom. The average molecular weight is 257 g/mol. The van der Waals surface area contributed by atoms with Gasteiger partial charge in [-0.3, -0.25) is 9.78 Å². The molecule has 0 spiro atoms. The molecule has 2 heterocycles. The predicted octanol–water partition coefficient (Wildman–Crippen LogP) is 1.55. The Morgan fingerprint density at radius 1 is 1.53 bits per heavy atom. The van der Waals surface area contributed by atoms with Crippen LogP contribution in [0, 0.1) is 5.41 Å². The van der Waals surface area contributed by atoms with Gasteiger partial charge in [0, 0.05) is 13.0 Å². The van der Waals surface area contributed by atoms with E-state index in [1.807, 2.05) is 0 Å². The number of carbonyl (C=O) groups is 1. The highest BCUT2D eigenvalue weighted by atomic mass is 35.5. The van der Waals surface area contributed by atoms with Crippen LogP contribution >= 0.6 is 11.6 Å². The lowest BCUT2D eigenvalue weighted by molar-refractivity contribution is -0.157. The summed E-state index contributed by atoms with van der Waals surface area (Å²) in [5.74, 6) is -0.839. The summed E-state index contributed by atoms with van der Waals surface area (Å²) in [6.45, 7) is 0.855. The lowest BCUT2D eigenvalue weighted by Crippen LogP contribution is -2.41. The number of aromatic nitrogens is 2. The molecule has 2 rings (SSSR count). The number of halogens is 1. The second-order valence-corrected chi connectivity index (χ2v) is 4.64. The first-order valence-corrected chi connectivity index (χ1v) is 5.78. The SMILES string of the molecule is O=C(O)C1(Cc2cnc(Cl)cn2)CCCOC1. The van der Waals surface area contributed by atoms with Crippen LogP contribution in [0.3, 0.4) is 0 Å². The second-order valence-electron chi connectivity index (χ2n) is 4.25. The normalized spacial score (nSPS) is 24.5. The summed E-state index contributed by atoms with van der Waals surface area (Å²) in [6.07, 6.45) is 4.63. The van der Waals surface area contributed by atoms with Crippen LogP contribution < -0.4 is 0 Å². The van der Waals surface area contributed by atoms with E-state index < -0.39 is 11.4 Å². The van der Waals surface area contributed by atoms with E-state index in [4.69, 9.17) is 16.3 Å². The fourth-order valence-corrected chi connectivity index (χ4v) is 2.11. The van der Waals surface area contributed by atoms with E-state index in [0.29, 0.717) is 30.3 Å². The van der Waals surface area contributed by atoms with Gasteiger partial charge in [-0.2, -0.15) is 0 Å². The molecule has 0 bridgehead atoms. The van der Waals surface area contributed by atoms with Crippen molar-refractivity contribution in [3.05, 3.63) is 23.2 Å². The summed E-state index contributed by atoms with van der Waals surface area (Å²) < 4.78 is 5.29. The molecule has 1 saturated heterocycles. The molecular weight excluding hydrogens is 244 g/mol. The Bertz CT molecular complexity index is 402. The van der Waals surface area contributed by atoms with Gasteiger partial charge in [0.05, 0.1) is 30.1 Å². The van der Waals surface area contributed by atoms with Crippen LogP contribution in [-0.4, -0.2) is 34.3 Å². The van der Waals surface area contributed by atoms with Crippen molar-refractivity contribution < 1.29 is 14.6 Å². The van der Waals surface area contributed by atoms with E-state index in [9.17, 15) is 9.90 Å². The first-order chi connectivity index (χ1) is 8.12. The molecule has 1 aromatic rings. The van der Waals surface area contributed by atoms with Crippen molar-refractivity contribution in [2.24, 2.45) is 5.41 Å². The molecule has 1 atom stereocenters. The Hall–Kier alpha value is -1.20. The molecule has 92 valence electrons. The Labute approximate surface area is 104 Å². The monoisotopic (exact) mass is 256 g/mol. The molecule has 0 aromatic carbocycles. The first-order valence-electron chi connectivity index (χ1n) is 5.40. The van der Waals surface area contributed by atoms with Gasteiger partial charge in [0.2, 0.25) is 0 Å². The Kier molecular flexibility index (Phi) is 3.59. The number of carboxylic acid groups (broad SMARTS) is 1. The minimum atomic E-state index is -0.874. The molecule has 1 aromatic heterocycles. The molecule has 1 fully saturated rings. The lowest BCUT2D eigenvalue weighted by atomic mass is 9.78. The summed E-state index contributed by atoms with van der Waals surface area (Å²) in [4.78, 5) is 19.4. The molecule has 5 nitrogen and oxygen atoms in total. The number of rotatable bonds is 3. The maximum absolute atomic E-state index is 11.4. The van der Waals surface area contributed by atoms with Gasteiger partial charge in [-0.1, -0.05) is 11.6 Å².